The Morgan fingerprint density at radius 1 is 1.23 bits per heavy atom. The number of aryl methyl sites for hydroxylation is 1. The number of nitrogens with zero attached hydrogens (tertiary/aromatic N) is 5. The predicted octanol–water partition coefficient (Wildman–Crippen LogP) is 1.78. The monoisotopic (exact) mass is 374 g/mol. The minimum atomic E-state index is -0.552. The van der Waals surface area contributed by atoms with Crippen molar-refractivity contribution in [3.8, 4) is 0 Å². The molecule has 3 aliphatic rings. The Hall–Kier alpha value is -2.41. The van der Waals surface area contributed by atoms with Crippen LogP contribution < -0.4 is 4.90 Å². The van der Waals surface area contributed by atoms with Gasteiger partial charge in [0.2, 0.25) is 11.9 Å². The van der Waals surface area contributed by atoms with E-state index in [1.54, 1.807) is 7.05 Å². The highest BCUT2D eigenvalue weighted by molar-refractivity contribution is 6.31. The number of urea groups is 1. The molecule has 0 spiro atoms. The van der Waals surface area contributed by atoms with Gasteiger partial charge in [-0.2, -0.15) is 0 Å². The highest BCUT2D eigenvalue weighted by Crippen LogP contribution is 2.30. The van der Waals surface area contributed by atoms with E-state index in [2.05, 4.69) is 11.8 Å². The van der Waals surface area contributed by atoms with Gasteiger partial charge in [-0.3, -0.25) is 14.6 Å². The fourth-order valence-electron chi connectivity index (χ4n) is 3.75. The quantitative estimate of drug-likeness (QED) is 0.704. The SMILES string of the molecule is Cc1ccc(N2CC(C)C[N+]3=C2N=C2C3C(=O)N(C)C(=O)N2C)cc1Cl. The molecule has 2 unspecified atom stereocenters. The largest absolute Gasteiger partial charge is 0.397 e. The molecule has 8 heteroatoms. The number of benzene rings is 1. The smallest absolute Gasteiger partial charge is 0.270 e. The van der Waals surface area contributed by atoms with E-state index in [1.807, 2.05) is 29.7 Å². The number of hydrogen-bond acceptors (Lipinski definition) is 4. The van der Waals surface area contributed by atoms with Gasteiger partial charge in [0.05, 0.1) is 13.1 Å². The first-order chi connectivity index (χ1) is 12.3. The highest BCUT2D eigenvalue weighted by atomic mass is 35.5. The van der Waals surface area contributed by atoms with E-state index < -0.39 is 6.04 Å². The maximum Gasteiger partial charge on any atom is 0.397 e. The number of aliphatic imine (C=N–C) groups is 1. The Kier molecular flexibility index (Phi) is 3.80. The second-order valence-electron chi connectivity index (χ2n) is 7.21. The lowest BCUT2D eigenvalue weighted by atomic mass is 10.1. The summed E-state index contributed by atoms with van der Waals surface area (Å²) in [6.07, 6.45) is 0. The van der Waals surface area contributed by atoms with Crippen molar-refractivity contribution in [3.05, 3.63) is 28.8 Å². The summed E-state index contributed by atoms with van der Waals surface area (Å²) >= 11 is 6.32. The van der Waals surface area contributed by atoms with Gasteiger partial charge in [0.1, 0.15) is 5.69 Å². The molecule has 1 aromatic carbocycles. The van der Waals surface area contributed by atoms with E-state index in [9.17, 15) is 9.59 Å². The zero-order chi connectivity index (χ0) is 18.7. The summed E-state index contributed by atoms with van der Waals surface area (Å²) in [6, 6.07) is 5.00. The van der Waals surface area contributed by atoms with Crippen LogP contribution >= 0.6 is 11.6 Å². The van der Waals surface area contributed by atoms with Crippen molar-refractivity contribution in [2.45, 2.75) is 19.9 Å². The van der Waals surface area contributed by atoms with E-state index in [1.165, 1.54) is 16.8 Å². The second-order valence-corrected chi connectivity index (χ2v) is 7.62. The number of carbonyl (C=O) groups excluding carboxylic acids is 2. The molecule has 2 atom stereocenters. The Labute approximate surface area is 157 Å². The molecular weight excluding hydrogens is 354 g/mol. The number of rotatable bonds is 1. The Morgan fingerprint density at radius 3 is 2.65 bits per heavy atom. The minimum absolute atomic E-state index is 0.238. The Bertz CT molecular complexity index is 894. The van der Waals surface area contributed by atoms with Gasteiger partial charge >= 0.3 is 12.0 Å². The van der Waals surface area contributed by atoms with Gasteiger partial charge in [0, 0.05) is 25.0 Å². The van der Waals surface area contributed by atoms with Gasteiger partial charge < -0.3 is 0 Å². The van der Waals surface area contributed by atoms with Crippen molar-refractivity contribution < 1.29 is 14.2 Å². The minimum Gasteiger partial charge on any atom is -0.270 e. The zero-order valence-electron chi connectivity index (χ0n) is 15.2. The molecule has 4 rings (SSSR count). The number of imide groups is 1. The number of halogens is 1. The average molecular weight is 375 g/mol. The summed E-state index contributed by atoms with van der Waals surface area (Å²) in [7, 11) is 3.17. The van der Waals surface area contributed by atoms with E-state index in [4.69, 9.17) is 16.6 Å². The summed E-state index contributed by atoms with van der Waals surface area (Å²) in [5, 5.41) is 0.694. The van der Waals surface area contributed by atoms with E-state index >= 15 is 0 Å². The number of amidine groups is 1. The molecule has 0 aromatic heterocycles. The van der Waals surface area contributed by atoms with Crippen molar-refractivity contribution >= 4 is 41.0 Å². The first-order valence-corrected chi connectivity index (χ1v) is 8.98. The lowest BCUT2D eigenvalue weighted by Crippen LogP contribution is -2.62. The molecule has 3 aliphatic heterocycles. The molecule has 0 radical (unpaired) electrons. The third kappa shape index (κ3) is 2.34. The summed E-state index contributed by atoms with van der Waals surface area (Å²) in [5.74, 6) is 1.28. The molecule has 0 aliphatic carbocycles. The van der Waals surface area contributed by atoms with Gasteiger partial charge in [-0.1, -0.05) is 29.6 Å². The molecule has 1 saturated heterocycles. The Balaban J connectivity index is 1.82. The zero-order valence-corrected chi connectivity index (χ0v) is 16.0. The fraction of sp³-hybridized carbons (Fsp3) is 0.444. The number of likely N-dealkylation sites (N-methyl/N-ethyl adjacent to an activating group) is 2. The van der Waals surface area contributed by atoms with Crippen LogP contribution in [0.4, 0.5) is 10.5 Å². The van der Waals surface area contributed by atoms with Gasteiger partial charge in [-0.25, -0.2) is 14.3 Å². The summed E-state index contributed by atoms with van der Waals surface area (Å²) in [4.78, 5) is 34.4. The van der Waals surface area contributed by atoms with E-state index in [0.717, 1.165) is 17.8 Å². The number of hydrogen-bond donors (Lipinski definition) is 0. The van der Waals surface area contributed by atoms with Gasteiger partial charge in [0.25, 0.3) is 5.91 Å². The summed E-state index contributed by atoms with van der Waals surface area (Å²) < 4.78 is 2.00. The van der Waals surface area contributed by atoms with Gasteiger partial charge in [0.15, 0.2) is 0 Å². The van der Waals surface area contributed by atoms with Crippen molar-refractivity contribution in [1.29, 1.82) is 0 Å². The fourth-order valence-corrected chi connectivity index (χ4v) is 3.92. The van der Waals surface area contributed by atoms with E-state index in [0.29, 0.717) is 29.3 Å². The van der Waals surface area contributed by atoms with Gasteiger partial charge in [-0.05, 0) is 24.6 Å². The first-order valence-electron chi connectivity index (χ1n) is 8.60. The lowest BCUT2D eigenvalue weighted by molar-refractivity contribution is -0.545. The molecule has 3 heterocycles. The second kappa shape index (κ2) is 5.81. The summed E-state index contributed by atoms with van der Waals surface area (Å²) in [5.41, 5.74) is 1.95. The van der Waals surface area contributed by atoms with Crippen molar-refractivity contribution in [3.63, 3.8) is 0 Å². The predicted molar refractivity (Wildman–Crippen MR) is 100.0 cm³/mol. The van der Waals surface area contributed by atoms with Crippen LogP contribution in [0.3, 0.4) is 0 Å². The standard InChI is InChI=1S/C18H21ClN5O2/c1-10-8-23(12-6-5-11(2)13(19)7-12)17-20-15-14(24(17)9-10)16(25)22(4)18(26)21(15)3/h5-7,10,14H,8-9H2,1-4H3/q+1. The van der Waals surface area contributed by atoms with Crippen LogP contribution in [0.25, 0.3) is 0 Å². The maximum atomic E-state index is 12.8. The molecule has 0 bridgehead atoms. The molecule has 26 heavy (non-hydrogen) atoms. The van der Waals surface area contributed by atoms with Crippen LogP contribution in [0, 0.1) is 12.8 Å². The molecule has 3 amide bonds. The van der Waals surface area contributed by atoms with Crippen LogP contribution in [-0.2, 0) is 4.79 Å². The normalized spacial score (nSPS) is 25.6. The number of guanidine groups is 1. The van der Waals surface area contributed by atoms with Crippen LogP contribution in [-0.4, -0.2) is 71.3 Å². The highest BCUT2D eigenvalue weighted by Gasteiger charge is 2.54. The van der Waals surface area contributed by atoms with Crippen LogP contribution in [0.15, 0.2) is 23.2 Å². The molecule has 7 nitrogen and oxygen atoms in total. The maximum absolute atomic E-state index is 12.8. The van der Waals surface area contributed by atoms with Gasteiger partial charge in [-0.15, -0.1) is 0 Å². The molecular formula is C18H21ClN5O2+. The van der Waals surface area contributed by atoms with Crippen LogP contribution in [0.2, 0.25) is 5.02 Å². The average Bonchev–Trinajstić information content (AvgIpc) is 2.99. The third-order valence-corrected chi connectivity index (χ3v) is 5.63. The third-order valence-electron chi connectivity index (χ3n) is 5.22. The number of anilines is 1. The number of fused-ring (bicyclic) bond motifs is 2. The van der Waals surface area contributed by atoms with Crippen LogP contribution in [0.5, 0.6) is 0 Å². The summed E-state index contributed by atoms with van der Waals surface area (Å²) in [6.45, 7) is 5.59. The molecule has 1 fully saturated rings. The molecule has 136 valence electrons. The lowest BCUT2D eigenvalue weighted by Gasteiger charge is -2.33. The molecule has 1 aromatic rings. The number of amides is 3. The number of carbonyl (C=O) groups is 2. The van der Waals surface area contributed by atoms with Crippen molar-refractivity contribution in [2.75, 3.05) is 32.1 Å². The van der Waals surface area contributed by atoms with Crippen LogP contribution in [0.1, 0.15) is 12.5 Å². The molecule has 0 N–H and O–H groups in total. The molecule has 0 saturated carbocycles. The first kappa shape index (κ1) is 17.0. The Morgan fingerprint density at radius 2 is 1.96 bits per heavy atom. The topological polar surface area (TPSA) is 59.2 Å². The van der Waals surface area contributed by atoms with Crippen molar-refractivity contribution in [1.82, 2.24) is 9.80 Å². The van der Waals surface area contributed by atoms with E-state index in [-0.39, 0.29) is 11.9 Å². The van der Waals surface area contributed by atoms with Crippen molar-refractivity contribution in [2.24, 2.45) is 10.9 Å².